The molecule has 0 aliphatic heterocycles. The van der Waals surface area contributed by atoms with Gasteiger partial charge in [0.2, 0.25) is 0 Å². The highest BCUT2D eigenvalue weighted by Gasteiger charge is 2.15. The molecule has 0 atom stereocenters. The Bertz CT molecular complexity index is 578. The van der Waals surface area contributed by atoms with Gasteiger partial charge in [0.05, 0.1) is 0 Å². The number of hydrogen-bond acceptors (Lipinski definition) is 0. The molecular formula is C17H19F. The summed E-state index contributed by atoms with van der Waals surface area (Å²) in [5.41, 5.74) is 1.71. The molecule has 0 aliphatic rings. The largest absolute Gasteiger partial charge is 0.244 e. The van der Waals surface area contributed by atoms with Gasteiger partial charge in [-0.25, -0.2) is 4.39 Å². The van der Waals surface area contributed by atoms with Crippen LogP contribution in [0.1, 0.15) is 27.7 Å². The molecule has 0 N–H and O–H groups in total. The van der Waals surface area contributed by atoms with E-state index < -0.39 is 12.0 Å². The zero-order chi connectivity index (χ0) is 15.0. The summed E-state index contributed by atoms with van der Waals surface area (Å²) < 4.78 is 29.8. The Labute approximate surface area is 111 Å². The first-order valence-corrected chi connectivity index (χ1v) is 6.08. The molecule has 2 aromatic carbocycles. The van der Waals surface area contributed by atoms with Gasteiger partial charge in [0, 0.05) is 9.11 Å². The minimum atomic E-state index is -2.00. The Morgan fingerprint density at radius 1 is 0.944 bits per heavy atom. The third kappa shape index (κ3) is 3.43. The van der Waals surface area contributed by atoms with E-state index in [2.05, 4.69) is 0 Å². The monoisotopic (exact) mass is 244 g/mol. The molecule has 94 valence electrons. The predicted octanol–water partition coefficient (Wildman–Crippen LogP) is 4.95. The Hall–Kier alpha value is -1.63. The lowest BCUT2D eigenvalue weighted by Crippen LogP contribution is -2.15. The van der Waals surface area contributed by atoms with Crippen LogP contribution in [0.15, 0.2) is 48.5 Å². The summed E-state index contributed by atoms with van der Waals surface area (Å²) in [5.74, 6) is 0. The van der Waals surface area contributed by atoms with Crippen LogP contribution >= 0.6 is 0 Å². The van der Waals surface area contributed by atoms with Crippen molar-refractivity contribution in [1.29, 1.82) is 0 Å². The molecule has 0 saturated carbocycles. The van der Waals surface area contributed by atoms with Crippen LogP contribution in [0, 0.1) is 6.92 Å². The molecule has 0 radical (unpaired) electrons. The number of rotatable bonds is 3. The number of alkyl halides is 1. The van der Waals surface area contributed by atoms with Gasteiger partial charge in [-0.05, 0) is 37.5 Å². The molecule has 0 fully saturated rings. The van der Waals surface area contributed by atoms with Crippen molar-refractivity contribution in [2.24, 2.45) is 0 Å². The first-order chi connectivity index (χ1) is 9.22. The van der Waals surface area contributed by atoms with Crippen LogP contribution in [0.5, 0.6) is 0 Å². The second kappa shape index (κ2) is 4.93. The van der Waals surface area contributed by atoms with Crippen LogP contribution in [0.3, 0.4) is 0 Å². The molecule has 2 aromatic rings. The SMILES string of the molecule is [2H]C([2H])(c1ccc(-c2ccc(C)cc2)cc1)C(C)(C)F. The molecule has 0 bridgehead atoms. The molecule has 0 saturated heterocycles. The number of benzene rings is 2. The van der Waals surface area contributed by atoms with Gasteiger partial charge in [0.1, 0.15) is 5.67 Å². The van der Waals surface area contributed by atoms with Crippen molar-refractivity contribution in [2.45, 2.75) is 32.8 Å². The molecular weight excluding hydrogens is 223 g/mol. The van der Waals surface area contributed by atoms with Gasteiger partial charge in [0.25, 0.3) is 0 Å². The highest BCUT2D eigenvalue weighted by Crippen LogP contribution is 2.22. The quantitative estimate of drug-likeness (QED) is 0.716. The third-order valence-corrected chi connectivity index (χ3v) is 2.71. The van der Waals surface area contributed by atoms with Gasteiger partial charge in [-0.15, -0.1) is 0 Å². The van der Waals surface area contributed by atoms with Crippen molar-refractivity contribution in [3.63, 3.8) is 0 Å². The van der Waals surface area contributed by atoms with Crippen molar-refractivity contribution in [1.82, 2.24) is 0 Å². The van der Waals surface area contributed by atoms with Crippen LogP contribution in [0.2, 0.25) is 0 Å². The van der Waals surface area contributed by atoms with Crippen LogP contribution in [0.4, 0.5) is 4.39 Å². The van der Waals surface area contributed by atoms with Crippen LogP contribution in [-0.2, 0) is 6.37 Å². The van der Waals surface area contributed by atoms with E-state index in [9.17, 15) is 4.39 Å². The molecule has 1 heteroatoms. The molecule has 2 rings (SSSR count). The van der Waals surface area contributed by atoms with E-state index in [0.29, 0.717) is 5.56 Å². The lowest BCUT2D eigenvalue weighted by Gasteiger charge is -2.14. The van der Waals surface area contributed by atoms with E-state index in [1.54, 1.807) is 12.1 Å². The summed E-state index contributed by atoms with van der Waals surface area (Å²) in [6.07, 6.45) is -2.00. The first kappa shape index (κ1) is 10.3. The van der Waals surface area contributed by atoms with Gasteiger partial charge in [-0.1, -0.05) is 54.1 Å². The average Bonchev–Trinajstić information content (AvgIpc) is 2.38. The number of halogens is 1. The molecule has 0 aliphatic carbocycles. The Morgan fingerprint density at radius 3 is 1.83 bits per heavy atom. The summed E-state index contributed by atoms with van der Waals surface area (Å²) in [6, 6.07) is 15.1. The van der Waals surface area contributed by atoms with Gasteiger partial charge < -0.3 is 0 Å². The summed E-state index contributed by atoms with van der Waals surface area (Å²) in [7, 11) is 0. The second-order valence-electron chi connectivity index (χ2n) is 5.04. The third-order valence-electron chi connectivity index (χ3n) is 2.71. The fourth-order valence-electron chi connectivity index (χ4n) is 1.84. The van der Waals surface area contributed by atoms with Crippen LogP contribution in [0.25, 0.3) is 11.1 Å². The van der Waals surface area contributed by atoms with E-state index in [1.165, 1.54) is 19.4 Å². The summed E-state index contributed by atoms with van der Waals surface area (Å²) in [6.45, 7) is 4.56. The maximum Gasteiger partial charge on any atom is 0.109 e. The summed E-state index contributed by atoms with van der Waals surface area (Å²) in [4.78, 5) is 0. The van der Waals surface area contributed by atoms with Crippen LogP contribution in [-0.4, -0.2) is 5.67 Å². The van der Waals surface area contributed by atoms with Gasteiger partial charge in [-0.3, -0.25) is 0 Å². The molecule has 0 unspecified atom stereocenters. The predicted molar refractivity (Wildman–Crippen MR) is 75.5 cm³/mol. The highest BCUT2D eigenvalue weighted by atomic mass is 19.1. The van der Waals surface area contributed by atoms with Crippen molar-refractivity contribution in [3.8, 4) is 11.1 Å². The molecule has 0 spiro atoms. The van der Waals surface area contributed by atoms with Crippen molar-refractivity contribution < 1.29 is 7.13 Å². The maximum absolute atomic E-state index is 13.9. The first-order valence-electron chi connectivity index (χ1n) is 7.08. The van der Waals surface area contributed by atoms with E-state index in [0.717, 1.165) is 11.1 Å². The zero-order valence-corrected chi connectivity index (χ0v) is 11.0. The minimum Gasteiger partial charge on any atom is -0.244 e. The van der Waals surface area contributed by atoms with Crippen molar-refractivity contribution in [3.05, 3.63) is 59.7 Å². The van der Waals surface area contributed by atoms with Gasteiger partial charge in [-0.2, -0.15) is 0 Å². The lowest BCUT2D eigenvalue weighted by atomic mass is 9.97. The molecule has 0 amide bonds. The Kier molecular flexibility index (Phi) is 2.82. The lowest BCUT2D eigenvalue weighted by molar-refractivity contribution is 0.217. The maximum atomic E-state index is 13.9. The molecule has 0 nitrogen and oxygen atoms in total. The zero-order valence-electron chi connectivity index (χ0n) is 13.0. The van der Waals surface area contributed by atoms with E-state index in [-0.39, 0.29) is 0 Å². The normalized spacial score (nSPS) is 14.0. The average molecular weight is 244 g/mol. The summed E-state index contributed by atoms with van der Waals surface area (Å²) in [5, 5.41) is 0. The second-order valence-corrected chi connectivity index (χ2v) is 5.04. The van der Waals surface area contributed by atoms with Gasteiger partial charge >= 0.3 is 0 Å². The van der Waals surface area contributed by atoms with Crippen LogP contribution < -0.4 is 0 Å². The van der Waals surface area contributed by atoms with E-state index in [1.807, 2.05) is 43.3 Å². The number of aryl methyl sites for hydroxylation is 1. The topological polar surface area (TPSA) is 0 Å². The van der Waals surface area contributed by atoms with Crippen molar-refractivity contribution in [2.75, 3.05) is 0 Å². The van der Waals surface area contributed by atoms with E-state index in [4.69, 9.17) is 2.74 Å². The molecule has 0 aromatic heterocycles. The van der Waals surface area contributed by atoms with E-state index >= 15 is 0 Å². The summed E-state index contributed by atoms with van der Waals surface area (Å²) >= 11 is 0. The number of hydrogen-bond donors (Lipinski definition) is 0. The highest BCUT2D eigenvalue weighted by molar-refractivity contribution is 5.63. The fraction of sp³-hybridized carbons (Fsp3) is 0.294. The molecule has 18 heavy (non-hydrogen) atoms. The Balaban J connectivity index is 2.33. The molecule has 0 heterocycles. The van der Waals surface area contributed by atoms with Crippen molar-refractivity contribution >= 4 is 0 Å². The Morgan fingerprint density at radius 2 is 1.39 bits per heavy atom. The fourth-order valence-corrected chi connectivity index (χ4v) is 1.84. The smallest absolute Gasteiger partial charge is 0.109 e. The minimum absolute atomic E-state index is 0.362. The standard InChI is InChI=1S/C17H19F/c1-13-4-8-15(9-5-13)16-10-6-14(7-11-16)12-17(2,3)18/h4-11H,12H2,1-3H3/i12D2. The van der Waals surface area contributed by atoms with Gasteiger partial charge in [0.15, 0.2) is 0 Å².